The Labute approximate surface area is 164 Å². The van der Waals surface area contributed by atoms with E-state index in [1.807, 2.05) is 11.8 Å². The molecule has 1 atom stereocenters. The second-order valence-corrected chi connectivity index (χ2v) is 9.87. The molecule has 0 saturated heterocycles. The first-order valence-corrected chi connectivity index (χ1v) is 10.9. The summed E-state index contributed by atoms with van der Waals surface area (Å²) in [4.78, 5) is 5.01. The Morgan fingerprint density at radius 1 is 1.15 bits per heavy atom. The molecular weight excluding hydrogens is 340 g/mol. The zero-order valence-electron chi connectivity index (χ0n) is 18.0. The summed E-state index contributed by atoms with van der Waals surface area (Å²) in [5.41, 5.74) is 3.89. The third-order valence-electron chi connectivity index (χ3n) is 4.26. The van der Waals surface area contributed by atoms with Crippen molar-refractivity contribution in [3.05, 3.63) is 29.6 Å². The summed E-state index contributed by atoms with van der Waals surface area (Å²) in [6.45, 7) is 18.9. The first kappa shape index (κ1) is 23.0. The predicted molar refractivity (Wildman–Crippen MR) is 117 cm³/mol. The van der Waals surface area contributed by atoms with Crippen molar-refractivity contribution in [2.75, 3.05) is 6.61 Å². The molecule has 1 aromatic heterocycles. The van der Waals surface area contributed by atoms with E-state index in [0.717, 1.165) is 17.8 Å². The number of hydrogen-bond acceptors (Lipinski definition) is 3. The molecule has 0 aliphatic rings. The second kappa shape index (κ2) is 10.4. The first-order chi connectivity index (χ1) is 12.1. The third-order valence-corrected chi connectivity index (χ3v) is 5.42. The van der Waals surface area contributed by atoms with E-state index >= 15 is 0 Å². The standard InChI is InChI=1S/C20H32N2S.C2H6O/c1-8-15(4)12-22-18-10-9-16(13-23-14(2)3)11-17(18)21-19(22)20(5,6)7;1-2-3/h9-11,14-15H,8,12-13H2,1-7H3;3H,2H2,1H3. The van der Waals surface area contributed by atoms with Gasteiger partial charge < -0.3 is 9.67 Å². The third kappa shape index (κ3) is 6.62. The van der Waals surface area contributed by atoms with Crippen molar-refractivity contribution in [3.63, 3.8) is 0 Å². The summed E-state index contributed by atoms with van der Waals surface area (Å²) < 4.78 is 2.45. The Morgan fingerprint density at radius 2 is 1.77 bits per heavy atom. The number of thioether (sulfide) groups is 1. The molecule has 148 valence electrons. The van der Waals surface area contributed by atoms with Crippen LogP contribution in [-0.4, -0.2) is 26.5 Å². The van der Waals surface area contributed by atoms with Gasteiger partial charge in [-0.25, -0.2) is 4.98 Å². The molecule has 4 heteroatoms. The van der Waals surface area contributed by atoms with Crippen LogP contribution in [0.3, 0.4) is 0 Å². The molecule has 0 aliphatic carbocycles. The van der Waals surface area contributed by atoms with Crippen LogP contribution >= 0.6 is 11.8 Å². The highest BCUT2D eigenvalue weighted by Gasteiger charge is 2.23. The van der Waals surface area contributed by atoms with Crippen LogP contribution in [0.15, 0.2) is 18.2 Å². The molecule has 0 saturated carbocycles. The number of hydrogen-bond donors (Lipinski definition) is 1. The van der Waals surface area contributed by atoms with Crippen LogP contribution in [0, 0.1) is 5.92 Å². The smallest absolute Gasteiger partial charge is 0.115 e. The van der Waals surface area contributed by atoms with Gasteiger partial charge in [-0.15, -0.1) is 0 Å². The van der Waals surface area contributed by atoms with Crippen LogP contribution in [0.2, 0.25) is 0 Å². The van der Waals surface area contributed by atoms with Gasteiger partial charge in [0.15, 0.2) is 0 Å². The van der Waals surface area contributed by atoms with Crippen molar-refractivity contribution in [2.45, 2.75) is 84.8 Å². The number of fused-ring (bicyclic) bond motifs is 1. The predicted octanol–water partition coefficient (Wildman–Crippen LogP) is 6.02. The molecule has 0 bridgehead atoms. The minimum atomic E-state index is 0.0688. The lowest BCUT2D eigenvalue weighted by atomic mass is 9.95. The Balaban J connectivity index is 0.00000105. The quantitative estimate of drug-likeness (QED) is 0.668. The van der Waals surface area contributed by atoms with Gasteiger partial charge in [-0.2, -0.15) is 11.8 Å². The summed E-state index contributed by atoms with van der Waals surface area (Å²) >= 11 is 1.99. The van der Waals surface area contributed by atoms with E-state index in [4.69, 9.17) is 10.1 Å². The van der Waals surface area contributed by atoms with Crippen molar-refractivity contribution in [1.29, 1.82) is 0 Å². The molecule has 1 N–H and O–H groups in total. The van der Waals surface area contributed by atoms with Crippen LogP contribution in [0.4, 0.5) is 0 Å². The van der Waals surface area contributed by atoms with Crippen molar-refractivity contribution in [3.8, 4) is 0 Å². The molecule has 2 aromatic rings. The first-order valence-electron chi connectivity index (χ1n) is 9.86. The van der Waals surface area contributed by atoms with Gasteiger partial charge in [-0.05, 0) is 35.8 Å². The van der Waals surface area contributed by atoms with Crippen molar-refractivity contribution < 1.29 is 5.11 Å². The number of nitrogens with zero attached hydrogens (tertiary/aromatic N) is 2. The molecule has 0 spiro atoms. The summed E-state index contributed by atoms with van der Waals surface area (Å²) in [6.07, 6.45) is 1.20. The van der Waals surface area contributed by atoms with Crippen LogP contribution in [-0.2, 0) is 17.7 Å². The van der Waals surface area contributed by atoms with Crippen molar-refractivity contribution in [2.24, 2.45) is 5.92 Å². The maximum atomic E-state index is 7.57. The number of aromatic nitrogens is 2. The van der Waals surface area contributed by atoms with Crippen LogP contribution in [0.25, 0.3) is 11.0 Å². The lowest BCUT2D eigenvalue weighted by molar-refractivity contribution is 0.318. The maximum Gasteiger partial charge on any atom is 0.115 e. The minimum absolute atomic E-state index is 0.0688. The van der Waals surface area contributed by atoms with Crippen LogP contribution < -0.4 is 0 Å². The Kier molecular flexibility index (Phi) is 9.18. The van der Waals surface area contributed by atoms with E-state index in [0.29, 0.717) is 11.2 Å². The van der Waals surface area contributed by atoms with Crippen LogP contribution in [0.1, 0.15) is 73.2 Å². The summed E-state index contributed by atoms with van der Waals surface area (Å²) in [6, 6.07) is 6.84. The van der Waals surface area contributed by atoms with E-state index in [-0.39, 0.29) is 12.0 Å². The summed E-state index contributed by atoms with van der Waals surface area (Å²) in [5, 5.41) is 8.23. The molecular formula is C22H38N2OS. The van der Waals surface area contributed by atoms with E-state index in [2.05, 4.69) is 71.2 Å². The molecule has 0 fully saturated rings. The number of rotatable bonds is 6. The summed E-state index contributed by atoms with van der Waals surface area (Å²) in [5.74, 6) is 2.95. The fraction of sp³-hybridized carbons (Fsp3) is 0.682. The van der Waals surface area contributed by atoms with Gasteiger partial charge in [-0.1, -0.05) is 61.0 Å². The Bertz CT molecular complexity index is 671. The van der Waals surface area contributed by atoms with E-state index in [1.165, 1.54) is 23.3 Å². The van der Waals surface area contributed by atoms with E-state index in [9.17, 15) is 0 Å². The minimum Gasteiger partial charge on any atom is -0.397 e. The van der Waals surface area contributed by atoms with Gasteiger partial charge in [0.2, 0.25) is 0 Å². The SMILES string of the molecule is CCC(C)Cn1c(C(C)(C)C)nc2cc(CSC(C)C)ccc21.CCO. The van der Waals surface area contributed by atoms with Crippen molar-refractivity contribution in [1.82, 2.24) is 9.55 Å². The fourth-order valence-electron chi connectivity index (χ4n) is 2.73. The van der Waals surface area contributed by atoms with Crippen LogP contribution in [0.5, 0.6) is 0 Å². The summed E-state index contributed by atoms with van der Waals surface area (Å²) in [7, 11) is 0. The number of imidazole rings is 1. The molecule has 3 nitrogen and oxygen atoms in total. The highest BCUT2D eigenvalue weighted by molar-refractivity contribution is 7.99. The normalized spacial score (nSPS) is 13.0. The zero-order chi connectivity index (χ0) is 19.9. The van der Waals surface area contributed by atoms with E-state index in [1.54, 1.807) is 6.92 Å². The monoisotopic (exact) mass is 378 g/mol. The van der Waals surface area contributed by atoms with Gasteiger partial charge >= 0.3 is 0 Å². The lowest BCUT2D eigenvalue weighted by Gasteiger charge is -2.22. The molecule has 0 aliphatic heterocycles. The maximum absolute atomic E-state index is 7.57. The number of aliphatic hydroxyl groups is 1. The second-order valence-electron chi connectivity index (χ2n) is 8.31. The molecule has 0 amide bonds. The fourth-order valence-corrected chi connectivity index (χ4v) is 3.43. The van der Waals surface area contributed by atoms with Gasteiger partial charge in [0.05, 0.1) is 11.0 Å². The van der Waals surface area contributed by atoms with Crippen molar-refractivity contribution >= 4 is 22.8 Å². The molecule has 1 aromatic carbocycles. The highest BCUT2D eigenvalue weighted by atomic mass is 32.2. The molecule has 0 radical (unpaired) electrons. The molecule has 26 heavy (non-hydrogen) atoms. The average molecular weight is 379 g/mol. The highest BCUT2D eigenvalue weighted by Crippen LogP contribution is 2.29. The van der Waals surface area contributed by atoms with Gasteiger partial charge in [-0.3, -0.25) is 0 Å². The van der Waals surface area contributed by atoms with Gasteiger partial charge in [0, 0.05) is 24.3 Å². The van der Waals surface area contributed by atoms with Gasteiger partial charge in [0.1, 0.15) is 5.82 Å². The number of benzene rings is 1. The average Bonchev–Trinajstić information content (AvgIpc) is 2.91. The molecule has 2 rings (SSSR count). The zero-order valence-corrected chi connectivity index (χ0v) is 18.8. The Morgan fingerprint density at radius 3 is 2.27 bits per heavy atom. The van der Waals surface area contributed by atoms with E-state index < -0.39 is 0 Å². The van der Waals surface area contributed by atoms with Gasteiger partial charge in [0.25, 0.3) is 0 Å². The molecule has 1 unspecified atom stereocenters. The number of aliphatic hydroxyl groups excluding tert-OH is 1. The lowest BCUT2D eigenvalue weighted by Crippen LogP contribution is -2.21. The molecule has 1 heterocycles. The Hall–Kier alpha value is -1.00. The topological polar surface area (TPSA) is 38.0 Å². The largest absolute Gasteiger partial charge is 0.397 e.